The molecule has 1 aliphatic rings. The average Bonchev–Trinajstić information content (AvgIpc) is 3.36. The van der Waals surface area contributed by atoms with E-state index in [0.717, 1.165) is 35.5 Å². The molecular formula is C28H31N7O4S. The number of carbonyl (C=O) groups excluding carboxylic acids is 1. The molecule has 2 aromatic heterocycles. The minimum Gasteiger partial charge on any atom is -0.439 e. The van der Waals surface area contributed by atoms with E-state index < -0.39 is 10.0 Å². The Bertz CT molecular complexity index is 1620. The van der Waals surface area contributed by atoms with Gasteiger partial charge in [0.25, 0.3) is 10.0 Å². The molecule has 1 N–H and O–H groups in total. The molecular weight excluding hydrogens is 530 g/mol. The van der Waals surface area contributed by atoms with Gasteiger partial charge in [-0.3, -0.25) is 9.48 Å². The summed E-state index contributed by atoms with van der Waals surface area (Å²) in [5, 5.41) is 3.95. The Labute approximate surface area is 233 Å². The third-order valence-corrected chi connectivity index (χ3v) is 8.09. The Morgan fingerprint density at radius 2 is 1.65 bits per heavy atom. The number of hydrogen-bond donors (Lipinski definition) is 1. The fourth-order valence-electron chi connectivity index (χ4n) is 4.71. The van der Waals surface area contributed by atoms with Crippen LogP contribution in [0.4, 0.5) is 11.6 Å². The molecule has 11 nitrogen and oxygen atoms in total. The van der Waals surface area contributed by atoms with E-state index in [1.54, 1.807) is 20.0 Å². The monoisotopic (exact) mass is 561 g/mol. The van der Waals surface area contributed by atoms with Gasteiger partial charge >= 0.3 is 0 Å². The number of carbonyl (C=O) groups is 1. The molecule has 0 saturated carbocycles. The number of benzene rings is 2. The standard InChI is InChI=1S/C28H31N7O4S/c1-19-6-5-7-20(2)27(19)25-16-26(31-28(30-25)32-40(37,38)24-17-29-33(4)18-24)39-23-10-8-22(9-11-23)35-14-12-34(13-15-35)21(3)36/h5-11,16-18H,12-15H2,1-4H3,(H,30,31,32). The number of nitrogens with zero attached hydrogens (tertiary/aromatic N) is 6. The highest BCUT2D eigenvalue weighted by Crippen LogP contribution is 2.31. The van der Waals surface area contributed by atoms with Crippen LogP contribution >= 0.6 is 0 Å². The molecule has 3 heterocycles. The van der Waals surface area contributed by atoms with Crippen molar-refractivity contribution in [2.75, 3.05) is 35.8 Å². The molecule has 2 aromatic carbocycles. The zero-order chi connectivity index (χ0) is 28.4. The number of anilines is 2. The highest BCUT2D eigenvalue weighted by atomic mass is 32.2. The first-order valence-electron chi connectivity index (χ1n) is 12.8. The van der Waals surface area contributed by atoms with Crippen LogP contribution in [0.1, 0.15) is 18.1 Å². The second kappa shape index (κ2) is 11.0. The SMILES string of the molecule is CC(=O)N1CCN(c2ccc(Oc3cc(-c4c(C)cccc4C)nc(NS(=O)(=O)c4cnn(C)c4)n3)cc2)CC1. The maximum Gasteiger partial charge on any atom is 0.267 e. The molecule has 5 rings (SSSR count). The second-order valence-electron chi connectivity index (χ2n) is 9.73. The van der Waals surface area contributed by atoms with Crippen LogP contribution in [0.25, 0.3) is 11.3 Å². The molecule has 208 valence electrons. The average molecular weight is 562 g/mol. The third kappa shape index (κ3) is 5.91. The van der Waals surface area contributed by atoms with Crippen LogP contribution < -0.4 is 14.4 Å². The number of ether oxygens (including phenoxy) is 1. The second-order valence-corrected chi connectivity index (χ2v) is 11.4. The summed E-state index contributed by atoms with van der Waals surface area (Å²) >= 11 is 0. The van der Waals surface area contributed by atoms with E-state index in [-0.39, 0.29) is 22.6 Å². The van der Waals surface area contributed by atoms with E-state index in [1.165, 1.54) is 17.1 Å². The summed E-state index contributed by atoms with van der Waals surface area (Å²) in [6.07, 6.45) is 2.66. The molecule has 4 aromatic rings. The Kier molecular flexibility index (Phi) is 7.44. The van der Waals surface area contributed by atoms with Crippen molar-refractivity contribution < 1.29 is 17.9 Å². The fourth-order valence-corrected chi connectivity index (χ4v) is 5.64. The number of rotatable bonds is 7. The molecule has 1 saturated heterocycles. The van der Waals surface area contributed by atoms with Gasteiger partial charge in [0.1, 0.15) is 10.6 Å². The maximum atomic E-state index is 13.0. The van der Waals surface area contributed by atoms with E-state index in [4.69, 9.17) is 4.74 Å². The molecule has 1 amide bonds. The Hall–Kier alpha value is -4.45. The predicted octanol–water partition coefficient (Wildman–Crippen LogP) is 3.76. The molecule has 40 heavy (non-hydrogen) atoms. The molecule has 0 unspecified atom stereocenters. The zero-order valence-corrected chi connectivity index (χ0v) is 23.6. The Morgan fingerprint density at radius 1 is 0.975 bits per heavy atom. The van der Waals surface area contributed by atoms with Crippen molar-refractivity contribution in [2.24, 2.45) is 7.05 Å². The maximum absolute atomic E-state index is 13.0. The van der Waals surface area contributed by atoms with E-state index in [0.29, 0.717) is 24.5 Å². The lowest BCUT2D eigenvalue weighted by Crippen LogP contribution is -2.48. The fraction of sp³-hybridized carbons (Fsp3) is 0.286. The van der Waals surface area contributed by atoms with Crippen LogP contribution in [0.5, 0.6) is 11.6 Å². The summed E-state index contributed by atoms with van der Waals surface area (Å²) < 4.78 is 36.0. The summed E-state index contributed by atoms with van der Waals surface area (Å²) in [5.41, 5.74) is 4.40. The van der Waals surface area contributed by atoms with Gasteiger partial charge in [0.05, 0.1) is 11.9 Å². The number of sulfonamides is 1. The first kappa shape index (κ1) is 27.1. The number of aromatic nitrogens is 4. The van der Waals surface area contributed by atoms with Crippen LogP contribution in [0.3, 0.4) is 0 Å². The van der Waals surface area contributed by atoms with Crippen molar-refractivity contribution in [2.45, 2.75) is 25.7 Å². The van der Waals surface area contributed by atoms with Gasteiger partial charge in [-0.1, -0.05) is 18.2 Å². The van der Waals surface area contributed by atoms with Gasteiger partial charge in [-0.2, -0.15) is 10.1 Å². The highest BCUT2D eigenvalue weighted by molar-refractivity contribution is 7.92. The molecule has 1 aliphatic heterocycles. The van der Waals surface area contributed by atoms with Gasteiger partial charge in [-0.25, -0.2) is 18.1 Å². The summed E-state index contributed by atoms with van der Waals surface area (Å²) in [6, 6.07) is 15.2. The number of aryl methyl sites for hydroxylation is 3. The van der Waals surface area contributed by atoms with Crippen molar-refractivity contribution in [3.8, 4) is 22.9 Å². The van der Waals surface area contributed by atoms with Crippen molar-refractivity contribution in [1.82, 2.24) is 24.6 Å². The van der Waals surface area contributed by atoms with Gasteiger partial charge in [0, 0.05) is 63.7 Å². The Balaban J connectivity index is 1.43. The van der Waals surface area contributed by atoms with Crippen LogP contribution in [0, 0.1) is 13.8 Å². The molecule has 0 atom stereocenters. The highest BCUT2D eigenvalue weighted by Gasteiger charge is 2.21. The van der Waals surface area contributed by atoms with Gasteiger partial charge < -0.3 is 14.5 Å². The number of nitrogens with one attached hydrogen (secondary N) is 1. The Morgan fingerprint density at radius 3 is 2.25 bits per heavy atom. The summed E-state index contributed by atoms with van der Waals surface area (Å²) in [5.74, 6) is 0.715. The third-order valence-electron chi connectivity index (χ3n) is 6.81. The molecule has 1 fully saturated rings. The largest absolute Gasteiger partial charge is 0.439 e. The molecule has 12 heteroatoms. The van der Waals surface area contributed by atoms with Gasteiger partial charge in [-0.05, 0) is 49.2 Å². The molecule has 0 bridgehead atoms. The van der Waals surface area contributed by atoms with Gasteiger partial charge in [0.2, 0.25) is 17.7 Å². The number of amides is 1. The van der Waals surface area contributed by atoms with Crippen molar-refractivity contribution in [3.63, 3.8) is 0 Å². The first-order chi connectivity index (χ1) is 19.1. The van der Waals surface area contributed by atoms with Crippen LogP contribution in [0.2, 0.25) is 0 Å². The van der Waals surface area contributed by atoms with Crippen LogP contribution in [0.15, 0.2) is 65.8 Å². The summed E-state index contributed by atoms with van der Waals surface area (Å²) in [4.78, 5) is 24.6. The van der Waals surface area contributed by atoms with Gasteiger partial charge in [0.15, 0.2) is 0 Å². The van der Waals surface area contributed by atoms with E-state index in [2.05, 4.69) is 24.7 Å². The quantitative estimate of drug-likeness (QED) is 0.362. The van der Waals surface area contributed by atoms with Crippen molar-refractivity contribution >= 4 is 27.6 Å². The summed E-state index contributed by atoms with van der Waals surface area (Å²) in [6.45, 7) is 8.42. The van der Waals surface area contributed by atoms with Crippen LogP contribution in [-0.4, -0.2) is 65.2 Å². The van der Waals surface area contributed by atoms with E-state index >= 15 is 0 Å². The van der Waals surface area contributed by atoms with E-state index in [9.17, 15) is 13.2 Å². The zero-order valence-electron chi connectivity index (χ0n) is 22.8. The number of hydrogen-bond acceptors (Lipinski definition) is 8. The van der Waals surface area contributed by atoms with Crippen molar-refractivity contribution in [3.05, 3.63) is 72.1 Å². The molecule has 0 spiro atoms. The predicted molar refractivity (Wildman–Crippen MR) is 152 cm³/mol. The lowest BCUT2D eigenvalue weighted by Gasteiger charge is -2.35. The van der Waals surface area contributed by atoms with Crippen molar-refractivity contribution in [1.29, 1.82) is 0 Å². The van der Waals surface area contributed by atoms with E-state index in [1.807, 2.05) is 61.2 Å². The minimum atomic E-state index is -3.97. The lowest BCUT2D eigenvalue weighted by molar-refractivity contribution is -0.129. The molecule has 0 aliphatic carbocycles. The topological polar surface area (TPSA) is 123 Å². The first-order valence-corrected chi connectivity index (χ1v) is 14.3. The van der Waals surface area contributed by atoms with Crippen LogP contribution in [-0.2, 0) is 21.9 Å². The number of piperazine rings is 1. The van der Waals surface area contributed by atoms with Gasteiger partial charge in [-0.15, -0.1) is 0 Å². The molecule has 0 radical (unpaired) electrons. The smallest absolute Gasteiger partial charge is 0.267 e. The minimum absolute atomic E-state index is 0.00160. The lowest BCUT2D eigenvalue weighted by atomic mass is 10.00. The summed E-state index contributed by atoms with van der Waals surface area (Å²) in [7, 11) is -2.33. The normalized spacial score (nSPS) is 13.8.